The predicted octanol–water partition coefficient (Wildman–Crippen LogP) is 6.15. The molecule has 0 N–H and O–H groups in total. The third-order valence-electron chi connectivity index (χ3n) is 5.69. The Balaban J connectivity index is 1.93. The molecule has 4 amide bonds. The predicted molar refractivity (Wildman–Crippen MR) is 133 cm³/mol. The zero-order chi connectivity index (χ0) is 24.0. The van der Waals surface area contributed by atoms with Crippen molar-refractivity contribution in [2.24, 2.45) is 0 Å². The first-order chi connectivity index (χ1) is 15.9. The summed E-state index contributed by atoms with van der Waals surface area (Å²) >= 11 is 12.0. The summed E-state index contributed by atoms with van der Waals surface area (Å²) in [5, 5.41) is 1.02. The van der Waals surface area contributed by atoms with E-state index < -0.39 is 18.0 Å². The van der Waals surface area contributed by atoms with E-state index in [-0.39, 0.29) is 12.3 Å². The van der Waals surface area contributed by atoms with Crippen molar-refractivity contribution in [3.8, 4) is 0 Å². The number of hydrogen-bond acceptors (Lipinski definition) is 3. The Morgan fingerprint density at radius 1 is 0.848 bits per heavy atom. The molecule has 2 aromatic carbocycles. The lowest BCUT2D eigenvalue weighted by molar-refractivity contribution is -0.133. The van der Waals surface area contributed by atoms with Gasteiger partial charge in [-0.3, -0.25) is 14.5 Å². The molecular formula is C25H29Cl2N3O3. The van der Waals surface area contributed by atoms with Crippen molar-refractivity contribution in [2.75, 3.05) is 22.9 Å². The SMILES string of the molecule is CCCCN(CCCC)C(=O)CC1C(=O)N(c2ccc(Cl)cc2)C(=O)N1c1ccc(Cl)cc1. The van der Waals surface area contributed by atoms with Crippen molar-refractivity contribution in [1.82, 2.24) is 4.90 Å². The molecule has 0 aliphatic carbocycles. The van der Waals surface area contributed by atoms with Crippen molar-refractivity contribution < 1.29 is 14.4 Å². The molecule has 1 fully saturated rings. The van der Waals surface area contributed by atoms with Gasteiger partial charge in [-0.15, -0.1) is 0 Å². The highest BCUT2D eigenvalue weighted by Crippen LogP contribution is 2.32. The highest BCUT2D eigenvalue weighted by atomic mass is 35.5. The fraction of sp³-hybridized carbons (Fsp3) is 0.400. The second kappa shape index (κ2) is 11.5. The lowest BCUT2D eigenvalue weighted by Gasteiger charge is -2.26. The number of carbonyl (C=O) groups is 3. The molecule has 1 aliphatic heterocycles. The first-order valence-electron chi connectivity index (χ1n) is 11.3. The van der Waals surface area contributed by atoms with E-state index in [4.69, 9.17) is 23.2 Å². The molecule has 1 aliphatic rings. The van der Waals surface area contributed by atoms with Gasteiger partial charge in [0, 0.05) is 28.8 Å². The average Bonchev–Trinajstić information content (AvgIpc) is 3.04. The normalized spacial score (nSPS) is 15.9. The highest BCUT2D eigenvalue weighted by molar-refractivity contribution is 6.32. The summed E-state index contributed by atoms with van der Waals surface area (Å²) in [6.45, 7) is 5.44. The van der Waals surface area contributed by atoms with Crippen LogP contribution in [-0.4, -0.2) is 41.9 Å². The Morgan fingerprint density at radius 2 is 1.33 bits per heavy atom. The lowest BCUT2D eigenvalue weighted by atomic mass is 10.1. The van der Waals surface area contributed by atoms with Crippen LogP contribution in [-0.2, 0) is 9.59 Å². The summed E-state index contributed by atoms with van der Waals surface area (Å²) in [4.78, 5) is 44.5. The van der Waals surface area contributed by atoms with Crippen molar-refractivity contribution in [1.29, 1.82) is 0 Å². The van der Waals surface area contributed by atoms with Crippen molar-refractivity contribution in [3.05, 3.63) is 58.6 Å². The van der Waals surface area contributed by atoms with Gasteiger partial charge in [0.05, 0.1) is 12.1 Å². The molecule has 0 bridgehead atoms. The summed E-state index contributed by atoms with van der Waals surface area (Å²) < 4.78 is 0. The van der Waals surface area contributed by atoms with Crippen LogP contribution in [0.25, 0.3) is 0 Å². The van der Waals surface area contributed by atoms with E-state index in [1.165, 1.54) is 4.90 Å². The first kappa shape index (κ1) is 25.1. The Hall–Kier alpha value is -2.57. The lowest BCUT2D eigenvalue weighted by Crippen LogP contribution is -2.42. The summed E-state index contributed by atoms with van der Waals surface area (Å²) in [5.74, 6) is -0.559. The molecule has 0 aromatic heterocycles. The van der Waals surface area contributed by atoms with Gasteiger partial charge in [0.25, 0.3) is 5.91 Å². The molecule has 1 heterocycles. The van der Waals surface area contributed by atoms with Gasteiger partial charge in [-0.2, -0.15) is 0 Å². The Morgan fingerprint density at radius 3 is 1.82 bits per heavy atom. The quantitative estimate of drug-likeness (QED) is 0.375. The van der Waals surface area contributed by atoms with Gasteiger partial charge < -0.3 is 4.90 Å². The molecule has 33 heavy (non-hydrogen) atoms. The van der Waals surface area contributed by atoms with Gasteiger partial charge in [-0.1, -0.05) is 49.9 Å². The maximum absolute atomic E-state index is 13.5. The average molecular weight is 490 g/mol. The van der Waals surface area contributed by atoms with Crippen LogP contribution in [0.1, 0.15) is 46.0 Å². The number of hydrogen-bond donors (Lipinski definition) is 0. The van der Waals surface area contributed by atoms with Gasteiger partial charge in [-0.05, 0) is 61.4 Å². The minimum Gasteiger partial charge on any atom is -0.343 e. The minimum atomic E-state index is -0.937. The van der Waals surface area contributed by atoms with E-state index in [0.717, 1.165) is 30.6 Å². The molecule has 8 heteroatoms. The summed E-state index contributed by atoms with van der Waals surface area (Å²) in [6, 6.07) is 11.7. The number of urea groups is 1. The molecule has 1 atom stereocenters. The molecule has 0 spiro atoms. The number of nitrogens with zero attached hydrogens (tertiary/aromatic N) is 3. The minimum absolute atomic E-state index is 0.0787. The van der Waals surface area contributed by atoms with Gasteiger partial charge in [0.15, 0.2) is 0 Å². The molecule has 1 unspecified atom stereocenters. The zero-order valence-corrected chi connectivity index (χ0v) is 20.5. The molecule has 0 radical (unpaired) electrons. The third-order valence-corrected chi connectivity index (χ3v) is 6.19. The molecule has 1 saturated heterocycles. The summed E-state index contributed by atoms with van der Waals surface area (Å²) in [5.41, 5.74) is 0.929. The number of unbranched alkanes of at least 4 members (excludes halogenated alkanes) is 2. The third kappa shape index (κ3) is 5.87. The van der Waals surface area contributed by atoms with E-state index in [2.05, 4.69) is 13.8 Å². The Labute approximate surface area is 205 Å². The van der Waals surface area contributed by atoms with Crippen LogP contribution in [0.4, 0.5) is 16.2 Å². The first-order valence-corrected chi connectivity index (χ1v) is 12.1. The number of carbonyl (C=O) groups excluding carboxylic acids is 3. The maximum atomic E-state index is 13.5. The second-order valence-electron chi connectivity index (χ2n) is 8.09. The number of imide groups is 1. The van der Waals surface area contributed by atoms with Crippen LogP contribution in [0.5, 0.6) is 0 Å². The smallest absolute Gasteiger partial charge is 0.336 e. The van der Waals surface area contributed by atoms with Crippen molar-refractivity contribution in [2.45, 2.75) is 52.0 Å². The molecular weight excluding hydrogens is 461 g/mol. The van der Waals surface area contributed by atoms with E-state index in [0.29, 0.717) is 34.5 Å². The second-order valence-corrected chi connectivity index (χ2v) is 8.96. The molecule has 2 aromatic rings. The fourth-order valence-electron chi connectivity index (χ4n) is 3.85. The topological polar surface area (TPSA) is 60.9 Å². The molecule has 3 rings (SSSR count). The van der Waals surface area contributed by atoms with E-state index >= 15 is 0 Å². The number of halogens is 2. The number of rotatable bonds is 10. The Bertz CT molecular complexity index is 971. The maximum Gasteiger partial charge on any atom is 0.336 e. The van der Waals surface area contributed by atoms with E-state index in [9.17, 15) is 14.4 Å². The summed E-state index contributed by atoms with van der Waals surface area (Å²) in [6.07, 6.45) is 3.65. The van der Waals surface area contributed by atoms with Crippen LogP contribution in [0.15, 0.2) is 48.5 Å². The van der Waals surface area contributed by atoms with Gasteiger partial charge >= 0.3 is 6.03 Å². The van der Waals surface area contributed by atoms with E-state index in [1.54, 1.807) is 48.5 Å². The van der Waals surface area contributed by atoms with Crippen molar-refractivity contribution in [3.63, 3.8) is 0 Å². The molecule has 176 valence electrons. The number of anilines is 2. The largest absolute Gasteiger partial charge is 0.343 e. The number of benzene rings is 2. The highest BCUT2D eigenvalue weighted by Gasteiger charge is 2.47. The van der Waals surface area contributed by atoms with Crippen LogP contribution in [0, 0.1) is 0 Å². The fourth-order valence-corrected chi connectivity index (χ4v) is 4.10. The Kier molecular flexibility index (Phi) is 8.75. The van der Waals surface area contributed by atoms with Crippen LogP contribution >= 0.6 is 23.2 Å². The summed E-state index contributed by atoms with van der Waals surface area (Å²) in [7, 11) is 0. The van der Waals surface area contributed by atoms with Crippen LogP contribution in [0.3, 0.4) is 0 Å². The monoisotopic (exact) mass is 489 g/mol. The van der Waals surface area contributed by atoms with Crippen LogP contribution < -0.4 is 9.80 Å². The molecule has 6 nitrogen and oxygen atoms in total. The number of amides is 4. The zero-order valence-electron chi connectivity index (χ0n) is 19.0. The van der Waals surface area contributed by atoms with Gasteiger partial charge in [0.2, 0.25) is 5.91 Å². The van der Waals surface area contributed by atoms with Gasteiger partial charge in [-0.25, -0.2) is 9.69 Å². The van der Waals surface area contributed by atoms with Crippen molar-refractivity contribution >= 4 is 52.4 Å². The van der Waals surface area contributed by atoms with Gasteiger partial charge in [0.1, 0.15) is 6.04 Å². The van der Waals surface area contributed by atoms with E-state index in [1.807, 2.05) is 4.90 Å². The van der Waals surface area contributed by atoms with Crippen LogP contribution in [0.2, 0.25) is 10.0 Å². The molecule has 0 saturated carbocycles. The standard InChI is InChI=1S/C25H29Cl2N3O3/c1-3-5-15-28(16-6-4-2)23(31)17-22-24(32)30(21-13-9-19(27)10-14-21)25(33)29(22)20-11-7-18(26)8-12-20/h7-14,22H,3-6,15-17H2,1-2H3.